The molecule has 0 spiro atoms. The quantitative estimate of drug-likeness (QED) is 0.806. The Bertz CT molecular complexity index is 214. The summed E-state index contributed by atoms with van der Waals surface area (Å²) in [6.45, 7) is 4.57. The van der Waals surface area contributed by atoms with E-state index in [4.69, 9.17) is 4.74 Å². The molecule has 0 aliphatic carbocycles. The van der Waals surface area contributed by atoms with Gasteiger partial charge in [-0.15, -0.1) is 12.4 Å². The summed E-state index contributed by atoms with van der Waals surface area (Å²) in [5, 5.41) is 2.99. The van der Waals surface area contributed by atoms with Gasteiger partial charge in [0, 0.05) is 33.2 Å². The van der Waals surface area contributed by atoms with E-state index in [0.29, 0.717) is 12.3 Å². The zero-order chi connectivity index (χ0) is 11.3. The van der Waals surface area contributed by atoms with Crippen molar-refractivity contribution in [1.82, 2.24) is 10.2 Å². The van der Waals surface area contributed by atoms with Crippen LogP contribution in [-0.2, 0) is 9.53 Å². The predicted octanol–water partition coefficient (Wildman–Crippen LogP) is 0.901. The average Bonchev–Trinajstić information content (AvgIpc) is 2.26. The Hall–Kier alpha value is -0.320. The van der Waals surface area contributed by atoms with Crippen LogP contribution in [0.1, 0.15) is 19.8 Å². The van der Waals surface area contributed by atoms with Gasteiger partial charge in [0.15, 0.2) is 0 Å². The number of nitrogens with zero attached hydrogens (tertiary/aromatic N) is 1. The first-order valence-corrected chi connectivity index (χ1v) is 5.64. The Labute approximate surface area is 104 Å². The van der Waals surface area contributed by atoms with Crippen LogP contribution in [0.15, 0.2) is 0 Å². The molecule has 1 rings (SSSR count). The van der Waals surface area contributed by atoms with Crippen LogP contribution >= 0.6 is 12.4 Å². The van der Waals surface area contributed by atoms with Crippen molar-refractivity contribution in [2.75, 3.05) is 33.8 Å². The van der Waals surface area contributed by atoms with E-state index >= 15 is 0 Å². The number of carbonyl (C=O) groups is 1. The third kappa shape index (κ3) is 4.28. The third-order valence-electron chi connectivity index (χ3n) is 3.13. The molecule has 16 heavy (non-hydrogen) atoms. The molecular weight excluding hydrogens is 228 g/mol. The summed E-state index contributed by atoms with van der Waals surface area (Å²) < 4.78 is 5.38. The van der Waals surface area contributed by atoms with Crippen molar-refractivity contribution in [2.24, 2.45) is 5.92 Å². The van der Waals surface area contributed by atoms with Crippen LogP contribution in [0.2, 0.25) is 0 Å². The summed E-state index contributed by atoms with van der Waals surface area (Å²) in [7, 11) is 3.59. The smallest absolute Gasteiger partial charge is 0.223 e. The molecule has 0 aromatic heterocycles. The summed E-state index contributed by atoms with van der Waals surface area (Å²) in [5.41, 5.74) is 0. The van der Waals surface area contributed by atoms with Crippen LogP contribution in [0.25, 0.3) is 0 Å². The van der Waals surface area contributed by atoms with Crippen molar-refractivity contribution in [3.63, 3.8) is 0 Å². The fourth-order valence-electron chi connectivity index (χ4n) is 1.96. The highest BCUT2D eigenvalue weighted by Crippen LogP contribution is 2.19. The van der Waals surface area contributed by atoms with E-state index < -0.39 is 0 Å². The average molecular weight is 251 g/mol. The van der Waals surface area contributed by atoms with Crippen LogP contribution in [0.3, 0.4) is 0 Å². The highest BCUT2D eigenvalue weighted by atomic mass is 35.5. The Morgan fingerprint density at radius 1 is 1.56 bits per heavy atom. The molecule has 0 aromatic carbocycles. The summed E-state index contributed by atoms with van der Waals surface area (Å²) in [5.74, 6) is 0.793. The van der Waals surface area contributed by atoms with E-state index in [1.54, 1.807) is 7.11 Å². The number of nitrogens with one attached hydrogen (secondary N) is 1. The number of methoxy groups -OCH3 is 1. The number of ether oxygens (including phenoxy) is 1. The van der Waals surface area contributed by atoms with Crippen molar-refractivity contribution < 1.29 is 9.53 Å². The Morgan fingerprint density at radius 2 is 2.25 bits per heavy atom. The standard InChI is InChI=1S/C11H22N2O2.ClH/c1-9-5-7-13(8-10(9)15-3)11(14)4-6-12-2;/h9-10,12H,4-8H2,1-3H3;1H. The number of likely N-dealkylation sites (tertiary alicyclic amines) is 1. The maximum atomic E-state index is 11.8. The van der Waals surface area contributed by atoms with Crippen molar-refractivity contribution in [3.8, 4) is 0 Å². The Morgan fingerprint density at radius 3 is 2.81 bits per heavy atom. The third-order valence-corrected chi connectivity index (χ3v) is 3.13. The number of rotatable bonds is 4. The van der Waals surface area contributed by atoms with Crippen molar-refractivity contribution in [3.05, 3.63) is 0 Å². The summed E-state index contributed by atoms with van der Waals surface area (Å²) in [4.78, 5) is 13.7. The lowest BCUT2D eigenvalue weighted by Crippen LogP contribution is -2.47. The number of carbonyl (C=O) groups excluding carboxylic acids is 1. The molecule has 1 saturated heterocycles. The zero-order valence-electron chi connectivity index (χ0n) is 10.4. The van der Waals surface area contributed by atoms with Gasteiger partial charge in [-0.1, -0.05) is 6.92 Å². The molecule has 4 nitrogen and oxygen atoms in total. The van der Waals surface area contributed by atoms with Crippen molar-refractivity contribution >= 4 is 18.3 Å². The molecule has 2 unspecified atom stereocenters. The molecular formula is C11H23ClN2O2. The molecule has 1 heterocycles. The number of hydrogen-bond acceptors (Lipinski definition) is 3. The SMILES string of the molecule is CNCCC(=O)N1CCC(C)C(OC)C1.Cl. The minimum Gasteiger partial charge on any atom is -0.379 e. The van der Waals surface area contributed by atoms with Crippen LogP contribution in [0.4, 0.5) is 0 Å². The Balaban J connectivity index is 0.00000225. The molecule has 1 N–H and O–H groups in total. The fraction of sp³-hybridized carbons (Fsp3) is 0.909. The largest absolute Gasteiger partial charge is 0.379 e. The molecule has 0 radical (unpaired) electrons. The molecule has 0 bridgehead atoms. The molecule has 0 aromatic rings. The summed E-state index contributed by atoms with van der Waals surface area (Å²) >= 11 is 0. The van der Waals surface area contributed by atoms with Gasteiger partial charge in [0.25, 0.3) is 0 Å². The van der Waals surface area contributed by atoms with Gasteiger partial charge >= 0.3 is 0 Å². The zero-order valence-corrected chi connectivity index (χ0v) is 11.2. The van der Waals surface area contributed by atoms with Gasteiger partial charge in [0.05, 0.1) is 6.10 Å². The molecule has 5 heteroatoms. The van der Waals surface area contributed by atoms with E-state index in [9.17, 15) is 4.79 Å². The van der Waals surface area contributed by atoms with E-state index in [-0.39, 0.29) is 24.4 Å². The first-order valence-electron chi connectivity index (χ1n) is 5.64. The molecule has 1 amide bonds. The monoisotopic (exact) mass is 250 g/mol. The molecule has 1 fully saturated rings. The number of amides is 1. The van der Waals surface area contributed by atoms with Crippen LogP contribution in [-0.4, -0.2) is 50.7 Å². The van der Waals surface area contributed by atoms with E-state index in [2.05, 4.69) is 12.2 Å². The molecule has 96 valence electrons. The molecule has 1 aliphatic rings. The van der Waals surface area contributed by atoms with Crippen LogP contribution in [0.5, 0.6) is 0 Å². The second-order valence-electron chi connectivity index (χ2n) is 4.23. The second-order valence-corrected chi connectivity index (χ2v) is 4.23. The van der Waals surface area contributed by atoms with Gasteiger partial charge in [-0.05, 0) is 19.4 Å². The number of piperidine rings is 1. The maximum absolute atomic E-state index is 11.8. The first-order chi connectivity index (χ1) is 7.19. The Kier molecular flexibility index (Phi) is 7.72. The summed E-state index contributed by atoms with van der Waals surface area (Å²) in [6, 6.07) is 0. The van der Waals surface area contributed by atoms with Crippen molar-refractivity contribution in [1.29, 1.82) is 0 Å². The highest BCUT2D eigenvalue weighted by molar-refractivity contribution is 5.85. The van der Waals surface area contributed by atoms with Gasteiger partial charge in [-0.2, -0.15) is 0 Å². The first kappa shape index (κ1) is 15.7. The van der Waals surface area contributed by atoms with E-state index in [0.717, 1.165) is 26.1 Å². The number of hydrogen-bond donors (Lipinski definition) is 1. The number of halogens is 1. The van der Waals surface area contributed by atoms with Gasteiger partial charge in [-0.3, -0.25) is 4.79 Å². The lowest BCUT2D eigenvalue weighted by Gasteiger charge is -2.36. The van der Waals surface area contributed by atoms with Crippen LogP contribution < -0.4 is 5.32 Å². The second kappa shape index (κ2) is 7.87. The maximum Gasteiger partial charge on any atom is 0.223 e. The fourth-order valence-corrected chi connectivity index (χ4v) is 1.96. The van der Waals surface area contributed by atoms with Gasteiger partial charge in [-0.25, -0.2) is 0 Å². The minimum atomic E-state index is 0. The minimum absolute atomic E-state index is 0. The predicted molar refractivity (Wildman–Crippen MR) is 66.9 cm³/mol. The van der Waals surface area contributed by atoms with Crippen LogP contribution in [0, 0.1) is 5.92 Å². The van der Waals surface area contributed by atoms with E-state index in [1.165, 1.54) is 0 Å². The van der Waals surface area contributed by atoms with E-state index in [1.807, 2.05) is 11.9 Å². The molecule has 2 atom stereocenters. The molecule has 1 aliphatic heterocycles. The highest BCUT2D eigenvalue weighted by Gasteiger charge is 2.28. The van der Waals surface area contributed by atoms with Gasteiger partial charge in [0.2, 0.25) is 5.91 Å². The topological polar surface area (TPSA) is 41.6 Å². The van der Waals surface area contributed by atoms with Crippen molar-refractivity contribution in [2.45, 2.75) is 25.9 Å². The normalized spacial score (nSPS) is 25.1. The van der Waals surface area contributed by atoms with Gasteiger partial charge < -0.3 is 15.0 Å². The molecule has 0 saturated carbocycles. The van der Waals surface area contributed by atoms with Gasteiger partial charge in [0.1, 0.15) is 0 Å². The lowest BCUT2D eigenvalue weighted by molar-refractivity contribution is -0.136. The summed E-state index contributed by atoms with van der Waals surface area (Å²) in [6.07, 6.45) is 1.84. The lowest BCUT2D eigenvalue weighted by atomic mass is 9.95.